The number of nitrogen functional groups attached to an aromatic ring is 1. The minimum atomic E-state index is -2.99. The monoisotopic (exact) mass is 286 g/mol. The molecule has 7 heteroatoms. The van der Waals surface area contributed by atoms with Gasteiger partial charge in [0.05, 0.1) is 5.75 Å². The van der Waals surface area contributed by atoms with Gasteiger partial charge < -0.3 is 10.6 Å². The van der Waals surface area contributed by atoms with E-state index in [1.165, 1.54) is 6.26 Å². The second kappa shape index (κ2) is 5.73. The van der Waals surface area contributed by atoms with E-state index in [1.807, 2.05) is 27.8 Å². The van der Waals surface area contributed by atoms with Gasteiger partial charge in [-0.1, -0.05) is 13.8 Å². The number of rotatable bonds is 5. The van der Waals surface area contributed by atoms with E-state index in [4.69, 9.17) is 5.73 Å². The first-order valence-corrected chi connectivity index (χ1v) is 8.20. The highest BCUT2D eigenvalue weighted by Crippen LogP contribution is 2.23. The van der Waals surface area contributed by atoms with Crippen LogP contribution in [0.1, 0.15) is 31.2 Å². The summed E-state index contributed by atoms with van der Waals surface area (Å²) in [6.45, 7) is 6.20. The van der Waals surface area contributed by atoms with Gasteiger partial charge in [-0.3, -0.25) is 0 Å². The zero-order valence-electron chi connectivity index (χ0n) is 12.1. The second-order valence-electron chi connectivity index (χ2n) is 5.12. The Morgan fingerprint density at radius 2 is 1.89 bits per heavy atom. The molecule has 0 fully saturated rings. The normalized spacial score (nSPS) is 11.9. The molecule has 0 aliphatic rings. The highest BCUT2D eigenvalue weighted by atomic mass is 32.2. The van der Waals surface area contributed by atoms with Crippen molar-refractivity contribution in [2.45, 2.75) is 26.7 Å². The molecule has 0 spiro atoms. The topological polar surface area (TPSA) is 89.2 Å². The summed E-state index contributed by atoms with van der Waals surface area (Å²) in [5, 5.41) is 0. The molecule has 1 aromatic rings. The van der Waals surface area contributed by atoms with E-state index in [9.17, 15) is 8.42 Å². The molecule has 0 saturated heterocycles. The molecule has 1 rings (SSSR count). The summed E-state index contributed by atoms with van der Waals surface area (Å²) in [6.07, 6.45) is 1.22. The Bertz CT molecular complexity index is 555. The molecule has 0 aliphatic carbocycles. The van der Waals surface area contributed by atoms with Crippen molar-refractivity contribution in [1.82, 2.24) is 9.97 Å². The lowest BCUT2D eigenvalue weighted by Gasteiger charge is -2.21. The van der Waals surface area contributed by atoms with Crippen molar-refractivity contribution >= 4 is 21.5 Å². The number of nitrogens with zero attached hydrogens (tertiary/aromatic N) is 3. The molecule has 0 bridgehead atoms. The molecule has 2 N–H and O–H groups in total. The van der Waals surface area contributed by atoms with E-state index < -0.39 is 9.84 Å². The van der Waals surface area contributed by atoms with Crippen LogP contribution >= 0.6 is 0 Å². The lowest BCUT2D eigenvalue weighted by Crippen LogP contribution is -2.27. The van der Waals surface area contributed by atoms with Crippen LogP contribution in [-0.4, -0.2) is 44.0 Å². The summed E-state index contributed by atoms with van der Waals surface area (Å²) in [7, 11) is -1.18. The fourth-order valence-electron chi connectivity index (χ4n) is 1.58. The van der Waals surface area contributed by atoms with Crippen LogP contribution in [-0.2, 0) is 9.84 Å². The summed E-state index contributed by atoms with van der Waals surface area (Å²) in [5.74, 6) is 2.07. The number of nitrogens with two attached hydrogens (primary N) is 1. The summed E-state index contributed by atoms with van der Waals surface area (Å²) in [4.78, 5) is 10.5. The standard InChI is InChI=1S/C12H22N4O2S/c1-8(2)11-14-10(13)9(3)12(15-11)16(4)6-7-19(5,17)18/h8H,6-7H2,1-5H3,(H2,13,14,15). The second-order valence-corrected chi connectivity index (χ2v) is 7.38. The molecule has 0 aliphatic heterocycles. The molecule has 0 saturated carbocycles. The highest BCUT2D eigenvalue weighted by Gasteiger charge is 2.15. The zero-order chi connectivity index (χ0) is 14.8. The molecular weight excluding hydrogens is 264 g/mol. The molecule has 0 amide bonds. The molecule has 108 valence electrons. The van der Waals surface area contributed by atoms with Crippen molar-refractivity contribution in [3.05, 3.63) is 11.4 Å². The SMILES string of the molecule is Cc1c(N)nc(C(C)C)nc1N(C)CCS(C)(=O)=O. The molecule has 0 unspecified atom stereocenters. The Hall–Kier alpha value is -1.37. The summed E-state index contributed by atoms with van der Waals surface area (Å²) >= 11 is 0. The first-order valence-electron chi connectivity index (χ1n) is 6.14. The van der Waals surface area contributed by atoms with Gasteiger partial charge in [-0.25, -0.2) is 18.4 Å². The third-order valence-electron chi connectivity index (χ3n) is 2.85. The van der Waals surface area contributed by atoms with Crippen molar-refractivity contribution < 1.29 is 8.42 Å². The first-order chi connectivity index (χ1) is 8.61. The van der Waals surface area contributed by atoms with Gasteiger partial charge in [0.25, 0.3) is 0 Å². The molecule has 1 heterocycles. The zero-order valence-corrected chi connectivity index (χ0v) is 13.0. The smallest absolute Gasteiger partial charge is 0.149 e. The number of sulfone groups is 1. The van der Waals surface area contributed by atoms with Crippen molar-refractivity contribution in [2.24, 2.45) is 0 Å². The minimum absolute atomic E-state index is 0.0872. The maximum absolute atomic E-state index is 11.2. The molecule has 0 aromatic carbocycles. The Morgan fingerprint density at radius 1 is 1.32 bits per heavy atom. The van der Waals surface area contributed by atoms with Crippen molar-refractivity contribution in [2.75, 3.05) is 36.2 Å². The van der Waals surface area contributed by atoms with Crippen LogP contribution in [0.15, 0.2) is 0 Å². The number of hydrogen-bond donors (Lipinski definition) is 1. The molecule has 0 radical (unpaired) electrons. The van der Waals surface area contributed by atoms with Gasteiger partial charge in [-0.15, -0.1) is 0 Å². The molecule has 6 nitrogen and oxygen atoms in total. The lowest BCUT2D eigenvalue weighted by atomic mass is 10.2. The third-order valence-corrected chi connectivity index (χ3v) is 3.77. The minimum Gasteiger partial charge on any atom is -0.383 e. The van der Waals surface area contributed by atoms with Gasteiger partial charge in [0, 0.05) is 31.3 Å². The number of anilines is 2. The van der Waals surface area contributed by atoms with Crippen molar-refractivity contribution in [3.8, 4) is 0 Å². The average molecular weight is 286 g/mol. The van der Waals surface area contributed by atoms with Crippen LogP contribution in [0.3, 0.4) is 0 Å². The van der Waals surface area contributed by atoms with Crippen LogP contribution < -0.4 is 10.6 Å². The quantitative estimate of drug-likeness (QED) is 0.867. The molecule has 1 aromatic heterocycles. The lowest BCUT2D eigenvalue weighted by molar-refractivity contribution is 0.601. The average Bonchev–Trinajstić information content (AvgIpc) is 2.28. The fourth-order valence-corrected chi connectivity index (χ4v) is 2.18. The van der Waals surface area contributed by atoms with Gasteiger partial charge in [-0.05, 0) is 6.92 Å². The van der Waals surface area contributed by atoms with E-state index in [0.717, 1.165) is 5.56 Å². The number of hydrogen-bond acceptors (Lipinski definition) is 6. The Balaban J connectivity index is 3.04. The van der Waals surface area contributed by atoms with Crippen molar-refractivity contribution in [1.29, 1.82) is 0 Å². The van der Waals surface area contributed by atoms with Gasteiger partial charge in [0.1, 0.15) is 27.3 Å². The third kappa shape index (κ3) is 4.34. The van der Waals surface area contributed by atoms with Gasteiger partial charge in [0.2, 0.25) is 0 Å². The largest absolute Gasteiger partial charge is 0.383 e. The Labute approximate surface area is 115 Å². The van der Waals surface area contributed by atoms with Gasteiger partial charge >= 0.3 is 0 Å². The van der Waals surface area contributed by atoms with Crippen LogP contribution in [0.25, 0.3) is 0 Å². The van der Waals surface area contributed by atoms with Crippen LogP contribution in [0.4, 0.5) is 11.6 Å². The van der Waals surface area contributed by atoms with E-state index >= 15 is 0 Å². The predicted octanol–water partition coefficient (Wildman–Crippen LogP) is 0.971. The highest BCUT2D eigenvalue weighted by molar-refractivity contribution is 7.90. The Morgan fingerprint density at radius 3 is 2.37 bits per heavy atom. The van der Waals surface area contributed by atoms with E-state index in [2.05, 4.69) is 9.97 Å². The Kier molecular flexibility index (Phi) is 4.73. The van der Waals surface area contributed by atoms with E-state index in [-0.39, 0.29) is 11.7 Å². The van der Waals surface area contributed by atoms with Gasteiger partial charge in [-0.2, -0.15) is 0 Å². The maximum Gasteiger partial charge on any atom is 0.149 e. The van der Waals surface area contributed by atoms with Crippen molar-refractivity contribution in [3.63, 3.8) is 0 Å². The van der Waals surface area contributed by atoms with Crippen LogP contribution in [0.2, 0.25) is 0 Å². The van der Waals surface area contributed by atoms with E-state index in [1.54, 1.807) is 4.90 Å². The van der Waals surface area contributed by atoms with E-state index in [0.29, 0.717) is 24.0 Å². The first kappa shape index (κ1) is 15.7. The van der Waals surface area contributed by atoms with Gasteiger partial charge in [0.15, 0.2) is 0 Å². The summed E-state index contributed by atoms with van der Waals surface area (Å²) in [5.41, 5.74) is 6.66. The van der Waals surface area contributed by atoms with Crippen LogP contribution in [0, 0.1) is 6.92 Å². The fraction of sp³-hybridized carbons (Fsp3) is 0.667. The summed E-state index contributed by atoms with van der Waals surface area (Å²) < 4.78 is 22.4. The molecular formula is C12H22N4O2S. The maximum atomic E-state index is 11.2. The van der Waals surface area contributed by atoms with Crippen LogP contribution in [0.5, 0.6) is 0 Å². The predicted molar refractivity (Wildman–Crippen MR) is 78.3 cm³/mol. The number of aromatic nitrogens is 2. The summed E-state index contributed by atoms with van der Waals surface area (Å²) in [6, 6.07) is 0. The molecule has 19 heavy (non-hydrogen) atoms. The molecule has 0 atom stereocenters.